The smallest absolute Gasteiger partial charge is 0.322 e. The van der Waals surface area contributed by atoms with Gasteiger partial charge in [-0.15, -0.1) is 0 Å². The van der Waals surface area contributed by atoms with Crippen molar-refractivity contribution in [1.82, 2.24) is 15.3 Å². The molecule has 0 fully saturated rings. The predicted molar refractivity (Wildman–Crippen MR) is 51.5 cm³/mol. The molecule has 0 bridgehead atoms. The summed E-state index contributed by atoms with van der Waals surface area (Å²) in [5, 5.41) is 3.02. The predicted octanol–water partition coefficient (Wildman–Crippen LogP) is 0.451. The normalized spacial score (nSPS) is 12.4. The number of hydrogen-bond acceptors (Lipinski definition) is 4. The molecule has 0 saturated heterocycles. The van der Waals surface area contributed by atoms with Gasteiger partial charge in [-0.25, -0.2) is 4.98 Å². The molecule has 1 heterocycles. The van der Waals surface area contributed by atoms with Gasteiger partial charge in [0.2, 0.25) is 0 Å². The largest absolute Gasteiger partial charge is 0.465 e. The topological polar surface area (TPSA) is 67.0 Å². The van der Waals surface area contributed by atoms with Crippen LogP contribution in [0.3, 0.4) is 0 Å². The van der Waals surface area contributed by atoms with Crippen LogP contribution in [0.25, 0.3) is 0 Å². The summed E-state index contributed by atoms with van der Waals surface area (Å²) in [5.74, 6) is -0.230. The fourth-order valence-electron chi connectivity index (χ4n) is 0.995. The fourth-order valence-corrected chi connectivity index (χ4v) is 0.995. The molecule has 2 N–H and O–H groups in total. The molecule has 5 heteroatoms. The van der Waals surface area contributed by atoms with Crippen LogP contribution in [0.1, 0.15) is 19.5 Å². The number of carbonyl (C=O) groups excluding carboxylic acids is 1. The van der Waals surface area contributed by atoms with Gasteiger partial charge in [0, 0.05) is 18.4 Å². The van der Waals surface area contributed by atoms with Gasteiger partial charge in [-0.2, -0.15) is 0 Å². The van der Waals surface area contributed by atoms with E-state index in [4.69, 9.17) is 4.74 Å². The molecule has 5 nitrogen and oxygen atoms in total. The van der Waals surface area contributed by atoms with Crippen LogP contribution in [0.4, 0.5) is 0 Å². The molecule has 1 aromatic rings. The average Bonchev–Trinajstić information content (AvgIpc) is 2.67. The van der Waals surface area contributed by atoms with E-state index in [0.717, 1.165) is 5.69 Å². The summed E-state index contributed by atoms with van der Waals surface area (Å²) in [6.45, 7) is 4.56. The van der Waals surface area contributed by atoms with Crippen molar-refractivity contribution < 1.29 is 9.53 Å². The van der Waals surface area contributed by atoms with E-state index in [9.17, 15) is 4.79 Å². The van der Waals surface area contributed by atoms with Crippen LogP contribution in [0.5, 0.6) is 0 Å². The van der Waals surface area contributed by atoms with E-state index in [2.05, 4.69) is 15.3 Å². The summed E-state index contributed by atoms with van der Waals surface area (Å²) in [5.41, 5.74) is 0.946. The summed E-state index contributed by atoms with van der Waals surface area (Å²) in [7, 11) is 0. The molecule has 1 unspecified atom stereocenters. The third-order valence-corrected chi connectivity index (χ3v) is 1.79. The Morgan fingerprint density at radius 1 is 1.79 bits per heavy atom. The number of rotatable bonds is 5. The standard InChI is InChI=1S/C9H15N3O2/c1-3-14-9(13)7(2)11-5-8-4-10-6-12-8/h4,6-7,11H,3,5H2,1-2H3,(H,10,12). The maximum absolute atomic E-state index is 11.2. The number of H-pyrrole nitrogens is 1. The molecule has 0 spiro atoms. The first-order valence-electron chi connectivity index (χ1n) is 4.61. The molecule has 0 aliphatic rings. The fraction of sp³-hybridized carbons (Fsp3) is 0.556. The number of esters is 1. The Kier molecular flexibility index (Phi) is 4.12. The average molecular weight is 197 g/mol. The zero-order chi connectivity index (χ0) is 10.4. The Morgan fingerprint density at radius 3 is 3.14 bits per heavy atom. The van der Waals surface area contributed by atoms with E-state index < -0.39 is 0 Å². The molecular formula is C9H15N3O2. The van der Waals surface area contributed by atoms with E-state index in [-0.39, 0.29) is 12.0 Å². The minimum absolute atomic E-state index is 0.230. The number of aromatic amines is 1. The van der Waals surface area contributed by atoms with Crippen LogP contribution < -0.4 is 5.32 Å². The van der Waals surface area contributed by atoms with Crippen molar-refractivity contribution in [2.75, 3.05) is 6.61 Å². The first-order chi connectivity index (χ1) is 6.74. The maximum atomic E-state index is 11.2. The SMILES string of the molecule is CCOC(=O)C(C)NCc1cnc[nH]1. The molecule has 0 aliphatic carbocycles. The van der Waals surface area contributed by atoms with Crippen molar-refractivity contribution in [3.63, 3.8) is 0 Å². The van der Waals surface area contributed by atoms with E-state index in [1.54, 1.807) is 26.4 Å². The van der Waals surface area contributed by atoms with Gasteiger partial charge < -0.3 is 9.72 Å². The Hall–Kier alpha value is -1.36. The highest BCUT2D eigenvalue weighted by atomic mass is 16.5. The van der Waals surface area contributed by atoms with Crippen molar-refractivity contribution in [1.29, 1.82) is 0 Å². The monoisotopic (exact) mass is 197 g/mol. The minimum Gasteiger partial charge on any atom is -0.465 e. The van der Waals surface area contributed by atoms with Crippen molar-refractivity contribution >= 4 is 5.97 Å². The summed E-state index contributed by atoms with van der Waals surface area (Å²) in [6, 6.07) is -0.293. The van der Waals surface area contributed by atoms with Crippen molar-refractivity contribution in [2.24, 2.45) is 0 Å². The zero-order valence-corrected chi connectivity index (χ0v) is 8.41. The molecule has 1 atom stereocenters. The van der Waals surface area contributed by atoms with Crippen LogP contribution in [0, 0.1) is 0 Å². The van der Waals surface area contributed by atoms with Crippen molar-refractivity contribution in [3.8, 4) is 0 Å². The first kappa shape index (κ1) is 10.7. The van der Waals surface area contributed by atoms with Gasteiger partial charge in [0.05, 0.1) is 12.9 Å². The van der Waals surface area contributed by atoms with Crippen LogP contribution in [0.2, 0.25) is 0 Å². The van der Waals surface area contributed by atoms with Crippen LogP contribution in [-0.2, 0) is 16.1 Å². The minimum atomic E-state index is -0.293. The Labute approximate surface area is 82.9 Å². The zero-order valence-electron chi connectivity index (χ0n) is 8.41. The molecular weight excluding hydrogens is 182 g/mol. The Bertz CT molecular complexity index is 272. The summed E-state index contributed by atoms with van der Waals surface area (Å²) in [4.78, 5) is 18.0. The number of nitrogens with one attached hydrogen (secondary N) is 2. The van der Waals surface area contributed by atoms with Crippen LogP contribution >= 0.6 is 0 Å². The number of ether oxygens (including phenoxy) is 1. The van der Waals surface area contributed by atoms with Crippen LogP contribution in [0.15, 0.2) is 12.5 Å². The lowest BCUT2D eigenvalue weighted by Gasteiger charge is -2.11. The lowest BCUT2D eigenvalue weighted by Crippen LogP contribution is -2.34. The number of nitrogens with zero attached hydrogens (tertiary/aromatic N) is 1. The second-order valence-electron chi connectivity index (χ2n) is 2.93. The third kappa shape index (κ3) is 3.18. The second kappa shape index (κ2) is 5.39. The summed E-state index contributed by atoms with van der Waals surface area (Å²) in [6.07, 6.45) is 3.32. The molecule has 0 aliphatic heterocycles. The van der Waals surface area contributed by atoms with Gasteiger partial charge in [-0.05, 0) is 13.8 Å². The second-order valence-corrected chi connectivity index (χ2v) is 2.93. The molecule has 14 heavy (non-hydrogen) atoms. The molecule has 0 radical (unpaired) electrons. The lowest BCUT2D eigenvalue weighted by atomic mass is 10.3. The number of carbonyl (C=O) groups is 1. The van der Waals surface area contributed by atoms with E-state index >= 15 is 0 Å². The number of hydrogen-bond donors (Lipinski definition) is 2. The highest BCUT2D eigenvalue weighted by Crippen LogP contribution is 1.93. The molecule has 0 saturated carbocycles. The Morgan fingerprint density at radius 2 is 2.57 bits per heavy atom. The van der Waals surface area contributed by atoms with Crippen LogP contribution in [-0.4, -0.2) is 28.6 Å². The summed E-state index contributed by atoms with van der Waals surface area (Å²) < 4.78 is 4.85. The number of imidazole rings is 1. The van der Waals surface area contributed by atoms with Crippen molar-refractivity contribution in [3.05, 3.63) is 18.2 Å². The van der Waals surface area contributed by atoms with E-state index in [1.165, 1.54) is 0 Å². The first-order valence-corrected chi connectivity index (χ1v) is 4.61. The molecule has 1 aromatic heterocycles. The maximum Gasteiger partial charge on any atom is 0.322 e. The third-order valence-electron chi connectivity index (χ3n) is 1.79. The summed E-state index contributed by atoms with van der Waals surface area (Å²) >= 11 is 0. The van der Waals surface area contributed by atoms with Gasteiger partial charge in [0.25, 0.3) is 0 Å². The van der Waals surface area contributed by atoms with Gasteiger partial charge in [0.15, 0.2) is 0 Å². The van der Waals surface area contributed by atoms with Crippen molar-refractivity contribution in [2.45, 2.75) is 26.4 Å². The highest BCUT2D eigenvalue weighted by Gasteiger charge is 2.12. The van der Waals surface area contributed by atoms with Gasteiger partial charge in [0.1, 0.15) is 6.04 Å². The van der Waals surface area contributed by atoms with E-state index in [0.29, 0.717) is 13.2 Å². The lowest BCUT2D eigenvalue weighted by molar-refractivity contribution is -0.145. The quantitative estimate of drug-likeness (QED) is 0.672. The molecule has 78 valence electrons. The van der Waals surface area contributed by atoms with E-state index in [1.807, 2.05) is 0 Å². The highest BCUT2D eigenvalue weighted by molar-refractivity contribution is 5.75. The molecule has 1 rings (SSSR count). The molecule has 0 aromatic carbocycles. The molecule has 0 amide bonds. The number of aromatic nitrogens is 2. The van der Waals surface area contributed by atoms with Gasteiger partial charge in [-0.1, -0.05) is 0 Å². The van der Waals surface area contributed by atoms with Gasteiger partial charge in [-0.3, -0.25) is 10.1 Å². The van der Waals surface area contributed by atoms with Gasteiger partial charge >= 0.3 is 5.97 Å². The Balaban J connectivity index is 2.27.